The van der Waals surface area contributed by atoms with E-state index in [0.717, 1.165) is 0 Å². The predicted octanol–water partition coefficient (Wildman–Crippen LogP) is -0.683. The molecule has 2 N–H and O–H groups in total. The van der Waals surface area contributed by atoms with Crippen molar-refractivity contribution in [1.82, 2.24) is 3.70 Å². The Morgan fingerprint density at radius 3 is 2.80 bits per heavy atom. The van der Waals surface area contributed by atoms with Gasteiger partial charge in [-0.25, -0.2) is 0 Å². The number of carbonyl (C=O) groups is 1. The van der Waals surface area contributed by atoms with Crippen LogP contribution in [0.2, 0.25) is 0 Å². The Kier molecular flexibility index (Phi) is 0.882. The van der Waals surface area contributed by atoms with Crippen LogP contribution in [0.15, 0.2) is 12.3 Å². The summed E-state index contributed by atoms with van der Waals surface area (Å²) in [6, 6.07) is 1.47. The van der Waals surface area contributed by atoms with Gasteiger partial charge in [-0.15, -0.1) is 0 Å². The molecule has 0 saturated heterocycles. The molecule has 1 aliphatic heterocycles. The average Bonchev–Trinajstić information content (AvgIpc) is 2.48. The molecular formula is C4H4MnN2O3+. The van der Waals surface area contributed by atoms with Crippen molar-refractivity contribution >= 4 is 4.87 Å². The summed E-state index contributed by atoms with van der Waals surface area (Å²) >= 11 is -1.64. The van der Waals surface area contributed by atoms with Gasteiger partial charge >= 0.3 is 59.8 Å². The molecule has 0 fully saturated rings. The molecule has 0 aliphatic carbocycles. The van der Waals surface area contributed by atoms with Crippen LogP contribution in [0.4, 0.5) is 4.79 Å². The third kappa shape index (κ3) is 0.521. The number of carboxylic acid groups (broad SMARTS) is 1. The Balaban J connectivity index is 2.37. The summed E-state index contributed by atoms with van der Waals surface area (Å²) in [6.07, 6.45) is 1.57. The fourth-order valence-corrected chi connectivity index (χ4v) is 2.52. The number of hydrogen-bond donors (Lipinski definition) is 2. The Labute approximate surface area is 60.4 Å². The van der Waals surface area contributed by atoms with Crippen molar-refractivity contribution in [3.8, 4) is 5.88 Å². The molecule has 0 amide bonds. The average molecular weight is 183 g/mol. The van der Waals surface area contributed by atoms with Gasteiger partial charge in [0, 0.05) is 0 Å². The van der Waals surface area contributed by atoms with Gasteiger partial charge in [0.25, 0.3) is 0 Å². The quantitative estimate of drug-likeness (QED) is 0.566. The zero-order valence-electron chi connectivity index (χ0n) is 4.73. The molecule has 1 aromatic rings. The van der Waals surface area contributed by atoms with Gasteiger partial charge in [-0.05, 0) is 0 Å². The van der Waals surface area contributed by atoms with E-state index >= 15 is 0 Å². The van der Waals surface area contributed by atoms with Gasteiger partial charge in [0.15, 0.2) is 0 Å². The van der Waals surface area contributed by atoms with E-state index in [2.05, 4.69) is 0 Å². The van der Waals surface area contributed by atoms with Gasteiger partial charge in [0.2, 0.25) is 0 Å². The van der Waals surface area contributed by atoms with Crippen LogP contribution in [0, 0.1) is 0 Å². The standard InChI is InChI=1S/C3H3N2O.CHO2.Mn/c6-3-1-2-4-5-3;2-1-3;/h1-2H,(H-,4,5,6);(H,2,3);/q-1;;+2. The van der Waals surface area contributed by atoms with E-state index in [4.69, 9.17) is 10.2 Å². The van der Waals surface area contributed by atoms with Crippen LogP contribution in [-0.2, 0) is 14.3 Å². The summed E-state index contributed by atoms with van der Waals surface area (Å²) in [5.41, 5.74) is 0. The summed E-state index contributed by atoms with van der Waals surface area (Å²) < 4.78 is 2.92. The van der Waals surface area contributed by atoms with Crippen LogP contribution < -0.4 is 3.70 Å². The molecule has 1 aliphatic rings. The van der Waals surface area contributed by atoms with E-state index in [1.165, 1.54) is 13.5 Å². The van der Waals surface area contributed by atoms with Crippen molar-refractivity contribution in [3.05, 3.63) is 12.3 Å². The molecule has 2 rings (SSSR count). The Bertz CT molecular complexity index is 307. The zero-order valence-corrected chi connectivity index (χ0v) is 5.91. The molecule has 54 valence electrons. The summed E-state index contributed by atoms with van der Waals surface area (Å²) in [6.45, 7) is 0. The van der Waals surface area contributed by atoms with Gasteiger partial charge in [-0.1, -0.05) is 0 Å². The predicted molar refractivity (Wildman–Crippen MR) is 25.1 cm³/mol. The molecule has 2 heterocycles. The summed E-state index contributed by atoms with van der Waals surface area (Å²) in [4.78, 5) is 9.48. The molecular weight excluding hydrogens is 179 g/mol. The number of nitrogens with zero attached hydrogens (tertiary/aromatic N) is 2. The van der Waals surface area contributed by atoms with Crippen molar-refractivity contribution < 1.29 is 33.0 Å². The first-order valence-electron chi connectivity index (χ1n) is 2.48. The maximum absolute atomic E-state index is 10.3. The van der Waals surface area contributed by atoms with Crippen molar-refractivity contribution in [2.24, 2.45) is 0 Å². The van der Waals surface area contributed by atoms with Crippen LogP contribution in [0.3, 0.4) is 0 Å². The second kappa shape index (κ2) is 1.53. The molecule has 0 spiro atoms. The summed E-state index contributed by atoms with van der Waals surface area (Å²) in [5.74, 6) is 0.0393. The molecule has 0 saturated carbocycles. The van der Waals surface area contributed by atoms with Crippen LogP contribution >= 0.6 is 0 Å². The Morgan fingerprint density at radius 2 is 2.50 bits per heavy atom. The number of hydrogen-bond acceptors (Lipinski definition) is 2. The molecule has 0 radical (unpaired) electrons. The molecule has 0 atom stereocenters. The molecule has 0 bridgehead atoms. The van der Waals surface area contributed by atoms with E-state index in [1.807, 2.05) is 0 Å². The second-order valence-corrected chi connectivity index (χ2v) is 4.03. The molecule has 6 heteroatoms. The summed E-state index contributed by atoms with van der Waals surface area (Å²) in [5, 5.41) is 17.4. The van der Waals surface area contributed by atoms with Gasteiger partial charge in [-0.2, -0.15) is 0 Å². The molecule has 1 aromatic heterocycles. The van der Waals surface area contributed by atoms with E-state index in [0.29, 0.717) is 0 Å². The topological polar surface area (TPSA) is 66.3 Å². The van der Waals surface area contributed by atoms with Crippen LogP contribution in [-0.4, -0.2) is 18.8 Å². The van der Waals surface area contributed by atoms with Crippen LogP contribution in [0.5, 0.6) is 5.88 Å². The number of aromatic hydroxyl groups is 1. The first-order chi connectivity index (χ1) is 4.72. The Morgan fingerprint density at radius 1 is 1.80 bits per heavy atom. The van der Waals surface area contributed by atoms with Crippen LogP contribution in [0.1, 0.15) is 0 Å². The number of fused-ring (bicyclic) bond motifs is 1. The van der Waals surface area contributed by atoms with Gasteiger partial charge in [0.1, 0.15) is 0 Å². The molecule has 0 unspecified atom stereocenters. The summed E-state index contributed by atoms with van der Waals surface area (Å²) in [7, 11) is 0. The van der Waals surface area contributed by atoms with E-state index in [1.54, 1.807) is 6.20 Å². The first-order valence-corrected chi connectivity index (χ1v) is 4.13. The fourth-order valence-electron chi connectivity index (χ4n) is 0.737. The van der Waals surface area contributed by atoms with Crippen molar-refractivity contribution in [1.29, 1.82) is 0 Å². The van der Waals surface area contributed by atoms with E-state index < -0.39 is 19.2 Å². The molecule has 0 aromatic carbocycles. The van der Waals surface area contributed by atoms with E-state index in [9.17, 15) is 4.79 Å². The van der Waals surface area contributed by atoms with Crippen molar-refractivity contribution in [2.75, 3.05) is 0 Å². The minimum atomic E-state index is -1.64. The second-order valence-electron chi connectivity index (χ2n) is 1.72. The third-order valence-corrected chi connectivity index (χ3v) is 3.31. The SMILES string of the molecule is O=[C](O)[Mn]1[n]2c(O)cc[n+]21. The first kappa shape index (κ1) is 5.76. The maximum atomic E-state index is 10.3. The van der Waals surface area contributed by atoms with Gasteiger partial charge < -0.3 is 0 Å². The molecule has 5 nitrogen and oxygen atoms in total. The van der Waals surface area contributed by atoms with Crippen molar-refractivity contribution in [2.45, 2.75) is 0 Å². The Hall–Kier alpha value is -1.00. The third-order valence-electron chi connectivity index (χ3n) is 1.14. The number of aromatic nitrogens is 2. The number of rotatable bonds is 1. The fraction of sp³-hybridized carbons (Fsp3) is 0. The van der Waals surface area contributed by atoms with E-state index in [-0.39, 0.29) is 5.88 Å². The molecule has 10 heavy (non-hydrogen) atoms. The zero-order chi connectivity index (χ0) is 7.30. The van der Waals surface area contributed by atoms with Crippen LogP contribution in [0.25, 0.3) is 0 Å². The van der Waals surface area contributed by atoms with Crippen molar-refractivity contribution in [3.63, 3.8) is 0 Å². The normalized spacial score (nSPS) is 16.6. The monoisotopic (exact) mass is 183 g/mol. The minimum absolute atomic E-state index is 0.0393. The van der Waals surface area contributed by atoms with Gasteiger partial charge in [0.05, 0.1) is 0 Å². The van der Waals surface area contributed by atoms with Gasteiger partial charge in [-0.3, -0.25) is 0 Å².